The highest BCUT2D eigenvalue weighted by molar-refractivity contribution is 9.11. The molecule has 102 valence electrons. The summed E-state index contributed by atoms with van der Waals surface area (Å²) in [7, 11) is 1.65. The number of nitrogens with one attached hydrogen (secondary N) is 1. The lowest BCUT2D eigenvalue weighted by atomic mass is 10.2. The van der Waals surface area contributed by atoms with Crippen LogP contribution in [0.4, 0.5) is 4.39 Å². The summed E-state index contributed by atoms with van der Waals surface area (Å²) in [6.07, 6.45) is 2.11. The highest BCUT2D eigenvalue weighted by Crippen LogP contribution is 2.20. The molecule has 1 aromatic carbocycles. The largest absolute Gasteiger partial charge is 0.497 e. The van der Waals surface area contributed by atoms with Crippen LogP contribution in [0.1, 0.15) is 12.0 Å². The molecule has 1 heterocycles. The summed E-state index contributed by atoms with van der Waals surface area (Å²) in [6.45, 7) is 1.33. The Labute approximate surface area is 120 Å². The number of hydrogen-bond donors (Lipinski definition) is 1. The highest BCUT2D eigenvalue weighted by Gasteiger charge is 2.16. The van der Waals surface area contributed by atoms with Gasteiger partial charge in [0.2, 0.25) is 0 Å². The van der Waals surface area contributed by atoms with E-state index in [0.717, 1.165) is 22.3 Å². The lowest BCUT2D eigenvalue weighted by Crippen LogP contribution is -2.27. The van der Waals surface area contributed by atoms with Gasteiger partial charge in [0, 0.05) is 24.0 Å². The average Bonchev–Trinajstić information content (AvgIpc) is 2.43. The number of hydrogen-bond acceptors (Lipinski definition) is 3. The molecule has 1 atom stereocenters. The first kappa shape index (κ1) is 14.2. The Morgan fingerprint density at radius 2 is 2.16 bits per heavy atom. The Balaban J connectivity index is 1.82. The van der Waals surface area contributed by atoms with E-state index >= 15 is 0 Å². The summed E-state index contributed by atoms with van der Waals surface area (Å²) in [5.74, 6) is 0.535. The van der Waals surface area contributed by atoms with Crippen LogP contribution < -0.4 is 10.1 Å². The third-order valence-corrected chi connectivity index (χ3v) is 3.76. The van der Waals surface area contributed by atoms with Crippen molar-refractivity contribution in [3.05, 3.63) is 40.4 Å². The van der Waals surface area contributed by atoms with Crippen LogP contribution in [-0.4, -0.2) is 25.7 Å². The standard InChI is InChI=1S/C14H16BrFN2O/c1-19-11-4-2-10(3-5-11)8-17-9-13-12(15)6-7-14(16)18-13/h2-6,13,17H,7-9H2,1H3. The Kier molecular flexibility index (Phi) is 5.10. The van der Waals surface area contributed by atoms with Gasteiger partial charge in [-0.3, -0.25) is 4.99 Å². The third-order valence-electron chi connectivity index (χ3n) is 2.91. The van der Waals surface area contributed by atoms with Gasteiger partial charge in [-0.05, 0) is 17.7 Å². The molecule has 1 unspecified atom stereocenters. The fraction of sp³-hybridized carbons (Fsp3) is 0.357. The minimum atomic E-state index is -0.306. The predicted molar refractivity (Wildman–Crippen MR) is 78.7 cm³/mol. The van der Waals surface area contributed by atoms with Crippen LogP contribution in [0.25, 0.3) is 0 Å². The van der Waals surface area contributed by atoms with E-state index in [9.17, 15) is 4.39 Å². The Morgan fingerprint density at radius 1 is 1.42 bits per heavy atom. The van der Waals surface area contributed by atoms with E-state index in [4.69, 9.17) is 4.74 Å². The zero-order chi connectivity index (χ0) is 13.7. The fourth-order valence-electron chi connectivity index (χ4n) is 1.84. The molecule has 0 aromatic heterocycles. The van der Waals surface area contributed by atoms with Gasteiger partial charge in [0.25, 0.3) is 0 Å². The van der Waals surface area contributed by atoms with Crippen LogP contribution in [-0.2, 0) is 6.54 Å². The van der Waals surface area contributed by atoms with Crippen LogP contribution in [0.15, 0.2) is 39.8 Å². The second-order valence-electron chi connectivity index (χ2n) is 4.29. The third kappa shape index (κ3) is 4.14. The summed E-state index contributed by atoms with van der Waals surface area (Å²) in [5, 5.41) is 3.27. The number of rotatable bonds is 5. The second-order valence-corrected chi connectivity index (χ2v) is 5.21. The zero-order valence-electron chi connectivity index (χ0n) is 10.7. The molecular formula is C14H16BrFN2O. The maximum absolute atomic E-state index is 13.1. The molecule has 19 heavy (non-hydrogen) atoms. The predicted octanol–water partition coefficient (Wildman–Crippen LogP) is 3.20. The molecule has 2 rings (SSSR count). The Hall–Kier alpha value is -1.20. The van der Waals surface area contributed by atoms with Crippen molar-refractivity contribution in [1.82, 2.24) is 5.32 Å². The molecule has 0 aliphatic carbocycles. The number of nitrogens with zero attached hydrogens (tertiary/aromatic N) is 1. The van der Waals surface area contributed by atoms with E-state index < -0.39 is 0 Å². The van der Waals surface area contributed by atoms with Crippen molar-refractivity contribution in [1.29, 1.82) is 0 Å². The molecule has 0 spiro atoms. The van der Waals surface area contributed by atoms with Gasteiger partial charge in [0.15, 0.2) is 5.97 Å². The van der Waals surface area contributed by atoms with Gasteiger partial charge in [-0.2, -0.15) is 4.39 Å². The lowest BCUT2D eigenvalue weighted by Gasteiger charge is -2.16. The SMILES string of the molecule is COc1ccc(CNCC2N=C(F)CC=C2Br)cc1. The number of dihydropyridines is 1. The molecular weight excluding hydrogens is 311 g/mol. The normalized spacial score (nSPS) is 18.8. The number of allylic oxidation sites excluding steroid dienone is 1. The number of halogens is 2. The van der Waals surface area contributed by atoms with Crippen LogP contribution in [0, 0.1) is 0 Å². The quantitative estimate of drug-likeness (QED) is 0.901. The van der Waals surface area contributed by atoms with Gasteiger partial charge < -0.3 is 10.1 Å². The van der Waals surface area contributed by atoms with Crippen LogP contribution in [0.5, 0.6) is 5.75 Å². The molecule has 1 aromatic rings. The van der Waals surface area contributed by atoms with E-state index in [-0.39, 0.29) is 18.4 Å². The minimum absolute atomic E-state index is 0.160. The Bertz CT molecular complexity index is 485. The smallest absolute Gasteiger partial charge is 0.188 e. The van der Waals surface area contributed by atoms with Crippen molar-refractivity contribution in [3.8, 4) is 5.75 Å². The van der Waals surface area contributed by atoms with Gasteiger partial charge >= 0.3 is 0 Å². The van der Waals surface area contributed by atoms with Crippen molar-refractivity contribution in [2.24, 2.45) is 4.99 Å². The van der Waals surface area contributed by atoms with Crippen LogP contribution >= 0.6 is 15.9 Å². The summed E-state index contributed by atoms with van der Waals surface area (Å²) in [4.78, 5) is 3.97. The van der Waals surface area contributed by atoms with E-state index in [1.165, 1.54) is 0 Å². The summed E-state index contributed by atoms with van der Waals surface area (Å²) in [5.41, 5.74) is 1.15. The van der Waals surface area contributed by atoms with Crippen molar-refractivity contribution in [2.75, 3.05) is 13.7 Å². The van der Waals surface area contributed by atoms with Crippen molar-refractivity contribution in [2.45, 2.75) is 19.0 Å². The molecule has 1 aliphatic heterocycles. The Morgan fingerprint density at radius 3 is 2.84 bits per heavy atom. The topological polar surface area (TPSA) is 33.6 Å². The highest BCUT2D eigenvalue weighted by atomic mass is 79.9. The second kappa shape index (κ2) is 6.82. The zero-order valence-corrected chi connectivity index (χ0v) is 12.3. The molecule has 0 saturated heterocycles. The summed E-state index contributed by atoms with van der Waals surface area (Å²) in [6, 6.07) is 7.69. The first-order chi connectivity index (χ1) is 9.19. The first-order valence-corrected chi connectivity index (χ1v) is 6.89. The van der Waals surface area contributed by atoms with Crippen molar-refractivity contribution >= 4 is 21.9 Å². The summed E-state index contributed by atoms with van der Waals surface area (Å²) < 4.78 is 19.1. The number of aliphatic imine (C=N–C) groups is 1. The van der Waals surface area contributed by atoms with Gasteiger partial charge in [0.05, 0.1) is 13.2 Å². The first-order valence-electron chi connectivity index (χ1n) is 6.10. The average molecular weight is 327 g/mol. The lowest BCUT2D eigenvalue weighted by molar-refractivity contribution is 0.414. The molecule has 3 nitrogen and oxygen atoms in total. The minimum Gasteiger partial charge on any atom is -0.497 e. The van der Waals surface area contributed by atoms with Crippen LogP contribution in [0.2, 0.25) is 0 Å². The van der Waals surface area contributed by atoms with Gasteiger partial charge in [-0.25, -0.2) is 0 Å². The number of benzene rings is 1. The molecule has 0 amide bonds. The molecule has 0 saturated carbocycles. The fourth-order valence-corrected chi connectivity index (χ4v) is 2.27. The maximum Gasteiger partial charge on any atom is 0.188 e. The molecule has 0 radical (unpaired) electrons. The van der Waals surface area contributed by atoms with Gasteiger partial charge in [-0.15, -0.1) is 0 Å². The summed E-state index contributed by atoms with van der Waals surface area (Å²) >= 11 is 3.42. The van der Waals surface area contributed by atoms with Crippen LogP contribution in [0.3, 0.4) is 0 Å². The molecule has 1 aliphatic rings. The number of ether oxygens (including phenoxy) is 1. The maximum atomic E-state index is 13.1. The monoisotopic (exact) mass is 326 g/mol. The van der Waals surface area contributed by atoms with Crippen molar-refractivity contribution in [3.63, 3.8) is 0 Å². The van der Waals surface area contributed by atoms with E-state index in [1.54, 1.807) is 7.11 Å². The van der Waals surface area contributed by atoms with E-state index in [1.807, 2.05) is 30.3 Å². The van der Waals surface area contributed by atoms with E-state index in [0.29, 0.717) is 6.54 Å². The number of methoxy groups -OCH3 is 1. The van der Waals surface area contributed by atoms with E-state index in [2.05, 4.69) is 26.2 Å². The van der Waals surface area contributed by atoms with Gasteiger partial charge in [-0.1, -0.05) is 34.1 Å². The molecule has 1 N–H and O–H groups in total. The van der Waals surface area contributed by atoms with Gasteiger partial charge in [0.1, 0.15) is 5.75 Å². The molecule has 0 bridgehead atoms. The molecule has 5 heteroatoms. The molecule has 0 fully saturated rings. The van der Waals surface area contributed by atoms with Crippen molar-refractivity contribution < 1.29 is 9.13 Å².